The Kier molecular flexibility index (Phi) is 2.13. The number of benzene rings is 1. The van der Waals surface area contributed by atoms with E-state index < -0.39 is 0 Å². The lowest BCUT2D eigenvalue weighted by atomic mass is 10.3. The van der Waals surface area contributed by atoms with Crippen LogP contribution in [0.25, 0.3) is 0 Å². The van der Waals surface area contributed by atoms with Gasteiger partial charge in [0.15, 0.2) is 0 Å². The van der Waals surface area contributed by atoms with E-state index in [0.29, 0.717) is 11.4 Å². The second kappa shape index (κ2) is 2.90. The molecule has 4 heteroatoms. The number of nitrogens with one attached hydrogen (secondary N) is 1. The fourth-order valence-electron chi connectivity index (χ4n) is 0.617. The highest BCUT2D eigenvalue weighted by molar-refractivity contribution is 9.10. The molecule has 0 fully saturated rings. The van der Waals surface area contributed by atoms with Gasteiger partial charge in [0.2, 0.25) is 0 Å². The van der Waals surface area contributed by atoms with Gasteiger partial charge in [-0.05, 0) is 18.2 Å². The van der Waals surface area contributed by atoms with Crippen molar-refractivity contribution in [3.05, 3.63) is 27.9 Å². The largest absolute Gasteiger partial charge is 0.761 e. The highest BCUT2D eigenvalue weighted by Crippen LogP contribution is 2.22. The van der Waals surface area contributed by atoms with E-state index in [4.69, 9.17) is 5.73 Å². The maximum absolute atomic E-state index is 10.2. The van der Waals surface area contributed by atoms with Gasteiger partial charge in [-0.1, -0.05) is 15.9 Å². The summed E-state index contributed by atoms with van der Waals surface area (Å²) < 4.78 is 0.833. The molecular weight excluding hydrogens is 196 g/mol. The predicted molar refractivity (Wildman–Crippen MR) is 45.5 cm³/mol. The zero-order valence-electron chi connectivity index (χ0n) is 5.10. The molecule has 0 aliphatic rings. The number of hydrogen-bond acceptors (Lipinski definition) is 3. The summed E-state index contributed by atoms with van der Waals surface area (Å²) >= 11 is 3.20. The van der Waals surface area contributed by atoms with Crippen LogP contribution < -0.4 is 11.2 Å². The molecule has 0 radical (unpaired) electrons. The first-order valence-corrected chi connectivity index (χ1v) is 3.46. The topological polar surface area (TPSA) is 61.1 Å². The Labute approximate surface area is 66.9 Å². The third kappa shape index (κ3) is 1.40. The summed E-state index contributed by atoms with van der Waals surface area (Å²) in [7, 11) is 0. The Morgan fingerprint density at radius 1 is 1.50 bits per heavy atom. The molecule has 0 atom stereocenters. The van der Waals surface area contributed by atoms with Crippen LogP contribution in [0.1, 0.15) is 0 Å². The first-order valence-electron chi connectivity index (χ1n) is 2.67. The first-order chi connectivity index (χ1) is 4.74. The Morgan fingerprint density at radius 2 is 2.20 bits per heavy atom. The van der Waals surface area contributed by atoms with E-state index in [1.165, 1.54) is 0 Å². The van der Waals surface area contributed by atoms with Crippen LogP contribution in [0.4, 0.5) is 11.4 Å². The summed E-state index contributed by atoms with van der Waals surface area (Å²) in [4.78, 5) is 0. The van der Waals surface area contributed by atoms with E-state index in [-0.39, 0.29) is 0 Å². The molecule has 3 nitrogen and oxygen atoms in total. The van der Waals surface area contributed by atoms with Crippen molar-refractivity contribution in [3.8, 4) is 0 Å². The van der Waals surface area contributed by atoms with Crippen LogP contribution >= 0.6 is 15.9 Å². The standard InChI is InChI=1S/C6H6BrN2O/c7-4-1-2-5(8)6(3-4)9-10/h1-3,9H,8H2/q-1. The number of halogens is 1. The Bertz CT molecular complexity index is 239. The van der Waals surface area contributed by atoms with Crippen molar-refractivity contribution < 1.29 is 0 Å². The fourth-order valence-corrected chi connectivity index (χ4v) is 0.978. The summed E-state index contributed by atoms with van der Waals surface area (Å²) in [5, 5.41) is 10.2. The van der Waals surface area contributed by atoms with Crippen LogP contribution in [0.3, 0.4) is 0 Å². The lowest BCUT2D eigenvalue weighted by molar-refractivity contribution is 1.57. The van der Waals surface area contributed by atoms with Crippen molar-refractivity contribution in [2.75, 3.05) is 11.2 Å². The lowest BCUT2D eigenvalue weighted by Crippen LogP contribution is -1.92. The van der Waals surface area contributed by atoms with E-state index in [2.05, 4.69) is 15.9 Å². The third-order valence-electron chi connectivity index (χ3n) is 1.13. The minimum Gasteiger partial charge on any atom is -0.761 e. The molecule has 1 aromatic rings. The normalized spacial score (nSPS) is 9.40. The third-order valence-corrected chi connectivity index (χ3v) is 1.62. The van der Waals surface area contributed by atoms with Gasteiger partial charge < -0.3 is 16.4 Å². The molecule has 54 valence electrons. The minimum absolute atomic E-state index is 0.398. The van der Waals surface area contributed by atoms with Crippen LogP contribution in [0, 0.1) is 5.21 Å². The highest BCUT2D eigenvalue weighted by atomic mass is 79.9. The maximum atomic E-state index is 10.2. The predicted octanol–water partition coefficient (Wildman–Crippen LogP) is 1.94. The second-order valence-electron chi connectivity index (χ2n) is 1.83. The molecule has 0 saturated carbocycles. The average Bonchev–Trinajstić information content (AvgIpc) is 1.94. The Morgan fingerprint density at radius 3 is 2.70 bits per heavy atom. The van der Waals surface area contributed by atoms with E-state index in [1.54, 1.807) is 23.7 Å². The summed E-state index contributed by atoms with van der Waals surface area (Å²) in [6.45, 7) is 0. The van der Waals surface area contributed by atoms with Gasteiger partial charge >= 0.3 is 0 Å². The van der Waals surface area contributed by atoms with Gasteiger partial charge in [0.25, 0.3) is 0 Å². The molecule has 1 aromatic carbocycles. The molecular formula is C6H6BrN2O-. The number of rotatable bonds is 1. The summed E-state index contributed by atoms with van der Waals surface area (Å²) in [5.41, 5.74) is 8.00. The molecule has 0 aliphatic heterocycles. The van der Waals surface area contributed by atoms with Gasteiger partial charge in [-0.2, -0.15) is 0 Å². The second-order valence-corrected chi connectivity index (χ2v) is 2.75. The number of anilines is 2. The van der Waals surface area contributed by atoms with Crippen LogP contribution in [-0.2, 0) is 0 Å². The lowest BCUT2D eigenvalue weighted by Gasteiger charge is -2.11. The summed E-state index contributed by atoms with van der Waals surface area (Å²) in [6.07, 6.45) is 0. The highest BCUT2D eigenvalue weighted by Gasteiger charge is 1.93. The van der Waals surface area contributed by atoms with Crippen molar-refractivity contribution in [1.29, 1.82) is 0 Å². The zero-order valence-corrected chi connectivity index (χ0v) is 6.68. The number of nitrogen functional groups attached to an aromatic ring is 1. The van der Waals surface area contributed by atoms with E-state index in [0.717, 1.165) is 4.47 Å². The van der Waals surface area contributed by atoms with E-state index in [9.17, 15) is 5.21 Å². The molecule has 1 rings (SSSR count). The van der Waals surface area contributed by atoms with E-state index in [1.807, 2.05) is 0 Å². The average molecular weight is 202 g/mol. The van der Waals surface area contributed by atoms with Crippen LogP contribution in [-0.4, -0.2) is 0 Å². The molecule has 0 spiro atoms. The van der Waals surface area contributed by atoms with Crippen molar-refractivity contribution in [3.63, 3.8) is 0 Å². The molecule has 10 heavy (non-hydrogen) atoms. The van der Waals surface area contributed by atoms with Gasteiger partial charge in [-0.3, -0.25) is 0 Å². The Hall–Kier alpha value is -0.740. The van der Waals surface area contributed by atoms with Crippen molar-refractivity contribution in [2.45, 2.75) is 0 Å². The molecule has 0 saturated heterocycles. The molecule has 3 N–H and O–H groups in total. The molecule has 0 amide bonds. The summed E-state index contributed by atoms with van der Waals surface area (Å²) in [6, 6.07) is 5.06. The number of hydrogen-bond donors (Lipinski definition) is 2. The molecule has 0 unspecified atom stereocenters. The van der Waals surface area contributed by atoms with Crippen LogP contribution in [0.5, 0.6) is 0 Å². The molecule has 0 bridgehead atoms. The first kappa shape index (κ1) is 7.37. The molecule has 0 heterocycles. The summed E-state index contributed by atoms with van der Waals surface area (Å²) in [5.74, 6) is 0. The quantitative estimate of drug-likeness (QED) is 0.540. The van der Waals surface area contributed by atoms with Gasteiger partial charge in [-0.15, -0.1) is 0 Å². The van der Waals surface area contributed by atoms with Crippen LogP contribution in [0.15, 0.2) is 22.7 Å². The van der Waals surface area contributed by atoms with Gasteiger partial charge in [-0.25, -0.2) is 0 Å². The SMILES string of the molecule is Nc1ccc(Br)cc1N[O-]. The van der Waals surface area contributed by atoms with Crippen LogP contribution in [0.2, 0.25) is 0 Å². The smallest absolute Gasteiger partial charge is 0.0542 e. The monoisotopic (exact) mass is 201 g/mol. The Balaban J connectivity index is 3.09. The molecule has 0 aliphatic carbocycles. The maximum Gasteiger partial charge on any atom is 0.0542 e. The van der Waals surface area contributed by atoms with Gasteiger partial charge in [0.05, 0.1) is 5.69 Å². The number of nitrogens with two attached hydrogens (primary N) is 1. The van der Waals surface area contributed by atoms with Crippen molar-refractivity contribution in [1.82, 2.24) is 0 Å². The van der Waals surface area contributed by atoms with Crippen molar-refractivity contribution >= 4 is 27.3 Å². The van der Waals surface area contributed by atoms with Crippen molar-refractivity contribution in [2.24, 2.45) is 0 Å². The van der Waals surface area contributed by atoms with Gasteiger partial charge in [0.1, 0.15) is 0 Å². The molecule has 0 aromatic heterocycles. The van der Waals surface area contributed by atoms with Gasteiger partial charge in [0, 0.05) is 10.2 Å². The van der Waals surface area contributed by atoms with E-state index >= 15 is 0 Å². The minimum atomic E-state index is 0.398. The zero-order chi connectivity index (χ0) is 7.56. The fraction of sp³-hybridized carbons (Fsp3) is 0.